The van der Waals surface area contributed by atoms with E-state index in [4.69, 9.17) is 9.47 Å². The Balaban J connectivity index is 3.57. The van der Waals surface area contributed by atoms with Crippen LogP contribution < -0.4 is 0 Å². The van der Waals surface area contributed by atoms with Crippen LogP contribution in [0.5, 0.6) is 0 Å². The van der Waals surface area contributed by atoms with Crippen LogP contribution in [-0.2, 0) is 19.1 Å². The Bertz CT molecular complexity index is 1770. The van der Waals surface area contributed by atoms with Gasteiger partial charge in [0.05, 0.1) is 6.61 Å². The first-order valence-electron chi connectivity index (χ1n) is 32.7. The average Bonchev–Trinajstić information content (AvgIpc) is 3.46. The minimum Gasteiger partial charge on any atom is -0.462 e. The molecule has 0 radical (unpaired) electrons. The molecule has 0 heterocycles. The van der Waals surface area contributed by atoms with Crippen LogP contribution in [0.4, 0.5) is 0 Å². The molecule has 0 aromatic rings. The number of allylic oxidation sites excluding steroid dienone is 28. The van der Waals surface area contributed by atoms with E-state index in [0.29, 0.717) is 12.8 Å². The molecule has 450 valence electrons. The first kappa shape index (κ1) is 75.3. The van der Waals surface area contributed by atoms with Gasteiger partial charge in [0.15, 0.2) is 6.10 Å². The van der Waals surface area contributed by atoms with E-state index in [1.807, 2.05) is 0 Å². The smallest absolute Gasteiger partial charge is 0.306 e. The first-order valence-corrected chi connectivity index (χ1v) is 32.7. The summed E-state index contributed by atoms with van der Waals surface area (Å²) < 4.78 is 10.7. The van der Waals surface area contributed by atoms with Crippen molar-refractivity contribution in [2.45, 2.75) is 277 Å². The van der Waals surface area contributed by atoms with E-state index in [-0.39, 0.29) is 25.2 Å². The van der Waals surface area contributed by atoms with Gasteiger partial charge >= 0.3 is 11.9 Å². The number of ether oxygens (including phenoxy) is 2. The van der Waals surface area contributed by atoms with Gasteiger partial charge in [-0.1, -0.05) is 300 Å². The fourth-order valence-electron chi connectivity index (χ4n) is 8.69. The van der Waals surface area contributed by atoms with Crippen LogP contribution >= 0.6 is 0 Å². The SMILES string of the molecule is CC/C=C\C/C=C\C/C=C\C/C=C\C/C=C\C/C=C\C/C=C\C/C=C\C/C=C\CCCCCCCC(=O)OC(CO)COC(=O)CCCCCCCCCCCCCCCCCCC/C=C\C/C=C\C/C=C\C/C=C\C/C=C\CC. The summed E-state index contributed by atoms with van der Waals surface area (Å²) in [6.45, 7) is 3.90. The summed E-state index contributed by atoms with van der Waals surface area (Å²) in [7, 11) is 0. The Morgan fingerprint density at radius 1 is 0.287 bits per heavy atom. The lowest BCUT2D eigenvalue weighted by molar-refractivity contribution is -0.161. The summed E-state index contributed by atoms with van der Waals surface area (Å²) in [5.41, 5.74) is 0. The van der Waals surface area contributed by atoms with E-state index in [1.54, 1.807) is 0 Å². The Kier molecular flexibility index (Phi) is 64.5. The number of carbonyl (C=O) groups excluding carboxylic acids is 2. The van der Waals surface area contributed by atoms with Crippen molar-refractivity contribution in [1.82, 2.24) is 0 Å². The summed E-state index contributed by atoms with van der Waals surface area (Å²) in [5.74, 6) is -0.618. The van der Waals surface area contributed by atoms with Crippen molar-refractivity contribution in [3.63, 3.8) is 0 Å². The van der Waals surface area contributed by atoms with Gasteiger partial charge in [0.2, 0.25) is 0 Å². The standard InChI is InChI=1S/C75H120O5/c1-3-5-7-9-11-13-15-17-19-21-23-25-27-29-31-33-35-37-39-41-43-45-47-49-51-53-55-57-59-61-63-65-67-69-74(77)79-72-73(71-76)80-75(78)70-68-66-64-62-60-58-56-54-52-50-48-46-44-42-40-38-36-34-32-30-28-26-24-22-20-18-16-14-12-10-8-6-4-2/h5-8,11-14,17-20,23-26,29-32,36,38,42,44,48,50,54,56,73,76H,3-4,9-10,15-16,21-22,27-28,33-35,37,39-41,43,45-47,49,51-53,55,57-72H2,1-2H3/b7-5-,8-6-,13-11-,14-12-,19-17-,20-18-,25-23-,26-24-,31-29-,32-30-,38-36-,44-42-,50-48-,56-54-. The van der Waals surface area contributed by atoms with Crippen molar-refractivity contribution in [2.24, 2.45) is 0 Å². The van der Waals surface area contributed by atoms with Gasteiger partial charge in [-0.15, -0.1) is 0 Å². The molecule has 0 saturated carbocycles. The Morgan fingerprint density at radius 3 is 0.750 bits per heavy atom. The molecule has 0 aromatic heterocycles. The number of carbonyl (C=O) groups is 2. The molecule has 0 aliphatic rings. The maximum absolute atomic E-state index is 12.3. The van der Waals surface area contributed by atoms with E-state index < -0.39 is 6.10 Å². The van der Waals surface area contributed by atoms with Gasteiger partial charge in [0.1, 0.15) is 6.61 Å². The van der Waals surface area contributed by atoms with Gasteiger partial charge in [0.25, 0.3) is 0 Å². The topological polar surface area (TPSA) is 72.8 Å². The first-order chi connectivity index (χ1) is 39.6. The van der Waals surface area contributed by atoms with Gasteiger partial charge < -0.3 is 14.6 Å². The lowest BCUT2D eigenvalue weighted by Crippen LogP contribution is -2.28. The third kappa shape index (κ3) is 65.8. The number of aliphatic hydroxyl groups is 1. The van der Waals surface area contributed by atoms with Crippen LogP contribution in [0.3, 0.4) is 0 Å². The van der Waals surface area contributed by atoms with E-state index in [9.17, 15) is 14.7 Å². The molecule has 0 fully saturated rings. The molecule has 1 N–H and O–H groups in total. The second kappa shape index (κ2) is 68.5. The number of aliphatic hydroxyl groups excluding tert-OH is 1. The molecule has 5 heteroatoms. The third-order valence-corrected chi connectivity index (χ3v) is 13.5. The minimum absolute atomic E-state index is 0.0827. The summed E-state index contributed by atoms with van der Waals surface area (Å²) in [6, 6.07) is 0. The predicted molar refractivity (Wildman–Crippen MR) is 352 cm³/mol. The number of unbranched alkanes of at least 4 members (excludes halogenated alkanes) is 22. The molecule has 1 unspecified atom stereocenters. The van der Waals surface area contributed by atoms with E-state index in [1.165, 1.54) is 96.3 Å². The Hall–Kier alpha value is -4.74. The molecule has 5 nitrogen and oxygen atoms in total. The molecule has 0 aliphatic heterocycles. The predicted octanol–water partition coefficient (Wildman–Crippen LogP) is 22.9. The maximum Gasteiger partial charge on any atom is 0.306 e. The molecular formula is C75H120O5. The summed E-state index contributed by atoms with van der Waals surface area (Å²) in [5, 5.41) is 9.69. The van der Waals surface area contributed by atoms with Crippen LogP contribution in [0.1, 0.15) is 271 Å². The zero-order chi connectivity index (χ0) is 57.6. The highest BCUT2D eigenvalue weighted by Gasteiger charge is 2.16. The van der Waals surface area contributed by atoms with E-state index in [2.05, 4.69) is 184 Å². The molecule has 0 aliphatic carbocycles. The van der Waals surface area contributed by atoms with E-state index in [0.717, 1.165) is 148 Å². The zero-order valence-electron chi connectivity index (χ0n) is 51.5. The lowest BCUT2D eigenvalue weighted by atomic mass is 10.0. The number of esters is 2. The fraction of sp³-hybridized carbons (Fsp3) is 0.600. The molecule has 0 spiro atoms. The lowest BCUT2D eigenvalue weighted by Gasteiger charge is -2.15. The van der Waals surface area contributed by atoms with Gasteiger partial charge in [0, 0.05) is 12.8 Å². The van der Waals surface area contributed by atoms with Crippen molar-refractivity contribution >= 4 is 11.9 Å². The van der Waals surface area contributed by atoms with Gasteiger partial charge in [-0.05, 0) is 128 Å². The zero-order valence-corrected chi connectivity index (χ0v) is 51.5. The highest BCUT2D eigenvalue weighted by Crippen LogP contribution is 2.16. The molecule has 1 atom stereocenters. The summed E-state index contributed by atoms with van der Waals surface area (Å²) >= 11 is 0. The second-order valence-corrected chi connectivity index (χ2v) is 21.1. The van der Waals surface area contributed by atoms with Crippen LogP contribution in [0.25, 0.3) is 0 Å². The average molecular weight is 1100 g/mol. The molecule has 0 bridgehead atoms. The van der Waals surface area contributed by atoms with E-state index >= 15 is 0 Å². The van der Waals surface area contributed by atoms with Crippen molar-refractivity contribution < 1.29 is 24.2 Å². The van der Waals surface area contributed by atoms with Gasteiger partial charge in [-0.25, -0.2) is 0 Å². The largest absolute Gasteiger partial charge is 0.462 e. The van der Waals surface area contributed by atoms with Crippen molar-refractivity contribution in [3.8, 4) is 0 Å². The second-order valence-electron chi connectivity index (χ2n) is 21.1. The van der Waals surface area contributed by atoms with Crippen LogP contribution in [0.15, 0.2) is 170 Å². The Morgan fingerprint density at radius 2 is 0.500 bits per heavy atom. The van der Waals surface area contributed by atoms with Crippen LogP contribution in [0.2, 0.25) is 0 Å². The highest BCUT2D eigenvalue weighted by molar-refractivity contribution is 5.70. The fourth-order valence-corrected chi connectivity index (χ4v) is 8.69. The Labute approximate surface area is 493 Å². The third-order valence-electron chi connectivity index (χ3n) is 13.5. The van der Waals surface area contributed by atoms with Crippen molar-refractivity contribution in [2.75, 3.05) is 13.2 Å². The number of hydrogen-bond donors (Lipinski definition) is 1. The highest BCUT2D eigenvalue weighted by atomic mass is 16.6. The normalized spacial score (nSPS) is 13.4. The molecule has 0 amide bonds. The van der Waals surface area contributed by atoms with Crippen molar-refractivity contribution in [3.05, 3.63) is 170 Å². The van der Waals surface area contributed by atoms with Crippen LogP contribution in [-0.4, -0.2) is 36.4 Å². The number of hydrogen-bond acceptors (Lipinski definition) is 5. The quantitative estimate of drug-likeness (QED) is 0.0373. The van der Waals surface area contributed by atoms with Crippen LogP contribution in [0, 0.1) is 0 Å². The summed E-state index contributed by atoms with van der Waals surface area (Å²) in [6.07, 6.45) is 106. The maximum atomic E-state index is 12.3. The minimum atomic E-state index is -0.796. The molecule has 80 heavy (non-hydrogen) atoms. The molecule has 0 aromatic carbocycles. The van der Waals surface area contributed by atoms with Gasteiger partial charge in [-0.2, -0.15) is 0 Å². The van der Waals surface area contributed by atoms with Crippen molar-refractivity contribution in [1.29, 1.82) is 0 Å². The summed E-state index contributed by atoms with van der Waals surface area (Å²) in [4.78, 5) is 24.6. The molecular weight excluding hydrogens is 981 g/mol. The monoisotopic (exact) mass is 1100 g/mol. The molecule has 0 rings (SSSR count). The number of rotatable bonds is 58. The van der Waals surface area contributed by atoms with Gasteiger partial charge in [-0.3, -0.25) is 9.59 Å². The molecule has 0 saturated heterocycles.